The molecule has 0 saturated carbocycles. The molecule has 2 N–H and O–H groups in total. The van der Waals surface area contributed by atoms with Crippen LogP contribution in [-0.2, 0) is 11.2 Å². The van der Waals surface area contributed by atoms with E-state index in [0.717, 1.165) is 27.6 Å². The van der Waals surface area contributed by atoms with Gasteiger partial charge in [0.15, 0.2) is 5.16 Å². The summed E-state index contributed by atoms with van der Waals surface area (Å²) in [4.78, 5) is 19.8. The van der Waals surface area contributed by atoms with E-state index in [1.54, 1.807) is 0 Å². The Hall–Kier alpha value is -1.93. The van der Waals surface area contributed by atoms with Crippen molar-refractivity contribution >= 4 is 45.2 Å². The molecule has 3 aromatic rings. The molecule has 3 rings (SSSR count). The van der Waals surface area contributed by atoms with Crippen molar-refractivity contribution in [2.45, 2.75) is 32.3 Å². The average Bonchev–Trinajstić information content (AvgIpc) is 3.10. The Bertz CT molecular complexity index is 855. The summed E-state index contributed by atoms with van der Waals surface area (Å²) in [6, 6.07) is 6.04. The summed E-state index contributed by atoms with van der Waals surface area (Å²) in [5, 5.41) is 13.1. The number of thioether (sulfide) groups is 1. The minimum Gasteiger partial charge on any atom is -0.333 e. The molecular weight excluding hydrogens is 342 g/mol. The molecule has 2 heterocycles. The van der Waals surface area contributed by atoms with Gasteiger partial charge in [0.25, 0.3) is 0 Å². The normalized spacial score (nSPS) is 11.3. The van der Waals surface area contributed by atoms with E-state index in [0.29, 0.717) is 11.0 Å². The van der Waals surface area contributed by atoms with Gasteiger partial charge >= 0.3 is 0 Å². The highest BCUT2D eigenvalue weighted by Gasteiger charge is 2.11. The number of aromatic amines is 1. The Labute approximate surface area is 148 Å². The zero-order valence-corrected chi connectivity index (χ0v) is 15.4. The first-order valence-electron chi connectivity index (χ1n) is 7.71. The van der Waals surface area contributed by atoms with Gasteiger partial charge in [0.1, 0.15) is 5.01 Å². The van der Waals surface area contributed by atoms with Crippen LogP contribution in [0.1, 0.15) is 24.4 Å². The number of carbonyl (C=O) groups excluding carboxylic acids is 1. The van der Waals surface area contributed by atoms with Crippen molar-refractivity contribution in [3.05, 3.63) is 28.8 Å². The van der Waals surface area contributed by atoms with Crippen molar-refractivity contribution in [3.8, 4) is 0 Å². The maximum atomic E-state index is 12.1. The standard InChI is InChI=1S/C16H19N5OS2/c1-9(2)6-14-20-21-16(24-14)19-13(22)8-23-15-17-11-5-4-10(3)7-12(11)18-15/h4-5,7,9H,6,8H2,1-3H3,(H,17,18)(H,19,21,22). The first-order chi connectivity index (χ1) is 11.5. The number of amides is 1. The smallest absolute Gasteiger partial charge is 0.236 e. The van der Waals surface area contributed by atoms with Crippen molar-refractivity contribution in [1.29, 1.82) is 0 Å². The van der Waals surface area contributed by atoms with Crippen LogP contribution in [0.5, 0.6) is 0 Å². The number of fused-ring (bicyclic) bond motifs is 1. The van der Waals surface area contributed by atoms with Crippen LogP contribution in [0.15, 0.2) is 23.4 Å². The number of rotatable bonds is 6. The molecule has 24 heavy (non-hydrogen) atoms. The topological polar surface area (TPSA) is 83.6 Å². The van der Waals surface area contributed by atoms with Crippen LogP contribution in [0.2, 0.25) is 0 Å². The van der Waals surface area contributed by atoms with Crippen LogP contribution in [0.25, 0.3) is 11.0 Å². The second kappa shape index (κ2) is 7.31. The lowest BCUT2D eigenvalue weighted by Crippen LogP contribution is -2.13. The summed E-state index contributed by atoms with van der Waals surface area (Å²) in [5.41, 5.74) is 3.07. The number of hydrogen-bond acceptors (Lipinski definition) is 6. The molecule has 0 aliphatic rings. The molecule has 0 fully saturated rings. The Kier molecular flexibility index (Phi) is 5.15. The van der Waals surface area contributed by atoms with E-state index in [1.165, 1.54) is 28.7 Å². The zero-order valence-electron chi connectivity index (χ0n) is 13.8. The summed E-state index contributed by atoms with van der Waals surface area (Å²) >= 11 is 2.80. The molecule has 2 aromatic heterocycles. The van der Waals surface area contributed by atoms with Crippen LogP contribution in [0.3, 0.4) is 0 Å². The third kappa shape index (κ3) is 4.33. The van der Waals surface area contributed by atoms with Gasteiger partial charge in [-0.05, 0) is 30.5 Å². The number of H-pyrrole nitrogens is 1. The maximum absolute atomic E-state index is 12.1. The number of aromatic nitrogens is 4. The quantitative estimate of drug-likeness (QED) is 0.655. The minimum atomic E-state index is -0.108. The van der Waals surface area contributed by atoms with E-state index in [1.807, 2.05) is 25.1 Å². The van der Waals surface area contributed by atoms with Crippen molar-refractivity contribution in [1.82, 2.24) is 20.2 Å². The first-order valence-corrected chi connectivity index (χ1v) is 9.51. The van der Waals surface area contributed by atoms with Gasteiger partial charge in [0, 0.05) is 6.42 Å². The fourth-order valence-corrected chi connectivity index (χ4v) is 3.85. The van der Waals surface area contributed by atoms with Crippen molar-refractivity contribution in [2.75, 3.05) is 11.1 Å². The lowest BCUT2D eigenvalue weighted by Gasteiger charge is -1.99. The summed E-state index contributed by atoms with van der Waals surface area (Å²) in [6.45, 7) is 6.30. The number of carbonyl (C=O) groups is 1. The van der Waals surface area contributed by atoms with Gasteiger partial charge in [-0.2, -0.15) is 0 Å². The number of imidazole rings is 1. The number of benzene rings is 1. The lowest BCUT2D eigenvalue weighted by molar-refractivity contribution is -0.113. The van der Waals surface area contributed by atoms with Gasteiger partial charge in [0.05, 0.1) is 16.8 Å². The average molecular weight is 361 g/mol. The SMILES string of the molecule is Cc1ccc2nc(SCC(=O)Nc3nnc(CC(C)C)s3)[nH]c2c1. The Morgan fingerprint density at radius 3 is 3.00 bits per heavy atom. The molecule has 0 bridgehead atoms. The highest BCUT2D eigenvalue weighted by molar-refractivity contribution is 7.99. The summed E-state index contributed by atoms with van der Waals surface area (Å²) in [7, 11) is 0. The Balaban J connectivity index is 1.55. The van der Waals surface area contributed by atoms with Gasteiger partial charge in [-0.1, -0.05) is 43.0 Å². The second-order valence-electron chi connectivity index (χ2n) is 6.00. The molecule has 1 aromatic carbocycles. The maximum Gasteiger partial charge on any atom is 0.236 e. The highest BCUT2D eigenvalue weighted by atomic mass is 32.2. The first kappa shape index (κ1) is 16.9. The third-order valence-electron chi connectivity index (χ3n) is 3.25. The number of hydrogen-bond donors (Lipinski definition) is 2. The van der Waals surface area contributed by atoms with Gasteiger partial charge in [-0.15, -0.1) is 10.2 Å². The number of nitrogens with zero attached hydrogens (tertiary/aromatic N) is 3. The summed E-state index contributed by atoms with van der Waals surface area (Å²) in [5.74, 6) is 0.690. The van der Waals surface area contributed by atoms with Gasteiger partial charge < -0.3 is 4.98 Å². The highest BCUT2D eigenvalue weighted by Crippen LogP contribution is 2.22. The number of anilines is 1. The number of aryl methyl sites for hydroxylation is 1. The van der Waals surface area contributed by atoms with Gasteiger partial charge in [0.2, 0.25) is 11.0 Å². The predicted octanol–water partition coefficient (Wildman–Crippen LogP) is 3.65. The van der Waals surface area contributed by atoms with Crippen molar-refractivity contribution < 1.29 is 4.79 Å². The second-order valence-corrected chi connectivity index (χ2v) is 8.02. The van der Waals surface area contributed by atoms with Crippen molar-refractivity contribution in [3.63, 3.8) is 0 Å². The lowest BCUT2D eigenvalue weighted by atomic mass is 10.1. The fourth-order valence-electron chi connectivity index (χ4n) is 2.19. The third-order valence-corrected chi connectivity index (χ3v) is 4.99. The van der Waals surface area contributed by atoms with Crippen LogP contribution >= 0.6 is 23.1 Å². The van der Waals surface area contributed by atoms with Gasteiger partial charge in [-0.3, -0.25) is 10.1 Å². The summed E-state index contributed by atoms with van der Waals surface area (Å²) < 4.78 is 0. The molecule has 1 amide bonds. The molecule has 0 radical (unpaired) electrons. The van der Waals surface area contributed by atoms with E-state index in [4.69, 9.17) is 0 Å². The van der Waals surface area contributed by atoms with E-state index >= 15 is 0 Å². The Morgan fingerprint density at radius 1 is 1.38 bits per heavy atom. The summed E-state index contributed by atoms with van der Waals surface area (Å²) in [6.07, 6.45) is 0.876. The van der Waals surface area contributed by atoms with Crippen LogP contribution in [-0.4, -0.2) is 31.8 Å². The molecule has 0 saturated heterocycles. The van der Waals surface area contributed by atoms with Crippen LogP contribution < -0.4 is 5.32 Å². The van der Waals surface area contributed by atoms with E-state index < -0.39 is 0 Å². The molecule has 0 aliphatic heterocycles. The molecule has 6 nitrogen and oxygen atoms in total. The molecule has 8 heteroatoms. The molecule has 126 valence electrons. The van der Waals surface area contributed by atoms with Crippen LogP contribution in [0.4, 0.5) is 5.13 Å². The van der Waals surface area contributed by atoms with E-state index in [2.05, 4.69) is 39.3 Å². The van der Waals surface area contributed by atoms with Crippen LogP contribution in [0, 0.1) is 12.8 Å². The monoisotopic (exact) mass is 361 g/mol. The molecule has 0 spiro atoms. The number of nitrogens with one attached hydrogen (secondary N) is 2. The van der Waals surface area contributed by atoms with E-state index in [9.17, 15) is 4.79 Å². The predicted molar refractivity (Wildman–Crippen MR) is 98.6 cm³/mol. The van der Waals surface area contributed by atoms with Crippen molar-refractivity contribution in [2.24, 2.45) is 5.92 Å². The molecule has 0 atom stereocenters. The van der Waals surface area contributed by atoms with Gasteiger partial charge in [-0.25, -0.2) is 4.98 Å². The largest absolute Gasteiger partial charge is 0.333 e. The Morgan fingerprint density at radius 2 is 2.21 bits per heavy atom. The zero-order chi connectivity index (χ0) is 17.1. The molecular formula is C16H19N5OS2. The fraction of sp³-hybridized carbons (Fsp3) is 0.375. The molecule has 0 unspecified atom stereocenters. The molecule has 0 aliphatic carbocycles. The minimum absolute atomic E-state index is 0.108. The van der Waals surface area contributed by atoms with E-state index in [-0.39, 0.29) is 11.7 Å².